The Morgan fingerprint density at radius 1 is 1.00 bits per heavy atom. The molecule has 1 amide bonds. The van der Waals surface area contributed by atoms with Gasteiger partial charge in [-0.2, -0.15) is 0 Å². The Kier molecular flexibility index (Phi) is 5.08. The van der Waals surface area contributed by atoms with Crippen LogP contribution in [0.1, 0.15) is 33.3 Å². The van der Waals surface area contributed by atoms with Crippen LogP contribution in [-0.4, -0.2) is 17.1 Å². The van der Waals surface area contributed by atoms with E-state index in [1.165, 1.54) is 0 Å². The molecular formula is C25H18ClNO3S. The van der Waals surface area contributed by atoms with Gasteiger partial charge in [-0.3, -0.25) is 9.59 Å². The van der Waals surface area contributed by atoms with Crippen molar-refractivity contribution in [3.63, 3.8) is 0 Å². The van der Waals surface area contributed by atoms with Gasteiger partial charge in [-0.15, -0.1) is 11.8 Å². The first kappa shape index (κ1) is 19.9. The molecule has 2 heterocycles. The summed E-state index contributed by atoms with van der Waals surface area (Å²) < 4.78 is 5.96. The molecule has 3 aromatic carbocycles. The van der Waals surface area contributed by atoms with Crippen LogP contribution in [0, 0.1) is 0 Å². The standard InChI is InChI=1S/C25H18ClNO3S/c1-31-18-10-7-16(8-11-18)22-21-23(28)19-13-17(26)9-12-20(19)30-24(21)25(29)27(22)14-15-5-3-2-4-6-15/h2-13,22H,14H2,1H3. The number of carbonyl (C=O) groups excluding carboxylic acids is 1. The van der Waals surface area contributed by atoms with E-state index >= 15 is 0 Å². The average molecular weight is 448 g/mol. The van der Waals surface area contributed by atoms with Crippen LogP contribution in [0.2, 0.25) is 5.02 Å². The molecule has 0 saturated carbocycles. The first-order chi connectivity index (χ1) is 15.1. The third-order valence-electron chi connectivity index (χ3n) is 5.56. The number of nitrogens with zero attached hydrogens (tertiary/aromatic N) is 1. The molecule has 1 aliphatic rings. The van der Waals surface area contributed by atoms with Gasteiger partial charge < -0.3 is 9.32 Å². The van der Waals surface area contributed by atoms with E-state index < -0.39 is 6.04 Å². The number of halogens is 1. The number of thioether (sulfide) groups is 1. The van der Waals surface area contributed by atoms with Crippen molar-refractivity contribution in [1.82, 2.24) is 4.90 Å². The van der Waals surface area contributed by atoms with E-state index in [4.69, 9.17) is 16.0 Å². The normalized spacial score (nSPS) is 15.5. The van der Waals surface area contributed by atoms with E-state index in [1.807, 2.05) is 60.9 Å². The van der Waals surface area contributed by atoms with Gasteiger partial charge >= 0.3 is 0 Å². The molecule has 0 aliphatic carbocycles. The molecule has 1 atom stereocenters. The summed E-state index contributed by atoms with van der Waals surface area (Å²) in [6.07, 6.45) is 2.01. The summed E-state index contributed by atoms with van der Waals surface area (Å²) >= 11 is 7.77. The van der Waals surface area contributed by atoms with Crippen molar-refractivity contribution in [3.8, 4) is 0 Å². The number of rotatable bonds is 4. The maximum atomic E-state index is 13.5. The minimum absolute atomic E-state index is 0.106. The van der Waals surface area contributed by atoms with Crippen LogP contribution < -0.4 is 5.43 Å². The summed E-state index contributed by atoms with van der Waals surface area (Å²) in [4.78, 5) is 29.8. The van der Waals surface area contributed by atoms with E-state index in [0.29, 0.717) is 28.1 Å². The summed E-state index contributed by atoms with van der Waals surface area (Å²) in [5, 5.41) is 0.831. The van der Waals surface area contributed by atoms with Crippen LogP contribution >= 0.6 is 23.4 Å². The second-order valence-electron chi connectivity index (χ2n) is 7.41. The molecule has 0 spiro atoms. The molecule has 5 rings (SSSR count). The van der Waals surface area contributed by atoms with Crippen molar-refractivity contribution in [2.24, 2.45) is 0 Å². The van der Waals surface area contributed by atoms with Crippen molar-refractivity contribution in [2.45, 2.75) is 17.5 Å². The monoisotopic (exact) mass is 447 g/mol. The molecule has 0 radical (unpaired) electrons. The molecule has 31 heavy (non-hydrogen) atoms. The molecule has 6 heteroatoms. The minimum atomic E-state index is -0.529. The average Bonchev–Trinajstić information content (AvgIpc) is 3.07. The highest BCUT2D eigenvalue weighted by Gasteiger charge is 2.42. The second-order valence-corrected chi connectivity index (χ2v) is 8.72. The number of carbonyl (C=O) groups is 1. The second kappa shape index (κ2) is 7.91. The molecule has 1 unspecified atom stereocenters. The summed E-state index contributed by atoms with van der Waals surface area (Å²) in [5.41, 5.74) is 2.36. The molecular weight excluding hydrogens is 430 g/mol. The molecule has 4 aromatic rings. The highest BCUT2D eigenvalue weighted by molar-refractivity contribution is 7.98. The van der Waals surface area contributed by atoms with Crippen LogP contribution in [-0.2, 0) is 6.54 Å². The zero-order valence-electron chi connectivity index (χ0n) is 16.7. The Balaban J connectivity index is 1.72. The molecule has 1 aliphatic heterocycles. The Labute approximate surface area is 188 Å². The zero-order chi connectivity index (χ0) is 21.5. The molecule has 0 fully saturated rings. The van der Waals surface area contributed by atoms with Crippen molar-refractivity contribution in [3.05, 3.63) is 110 Å². The molecule has 154 valence electrons. The Morgan fingerprint density at radius 3 is 2.45 bits per heavy atom. The lowest BCUT2D eigenvalue weighted by Crippen LogP contribution is -2.29. The molecule has 0 bridgehead atoms. The predicted octanol–water partition coefficient (Wildman–Crippen LogP) is 5.91. The van der Waals surface area contributed by atoms with Gasteiger partial charge in [-0.05, 0) is 47.7 Å². The van der Waals surface area contributed by atoms with Crippen LogP contribution in [0.5, 0.6) is 0 Å². The topological polar surface area (TPSA) is 50.5 Å². The number of hydrogen-bond acceptors (Lipinski definition) is 4. The highest BCUT2D eigenvalue weighted by atomic mass is 35.5. The Hall–Kier alpha value is -3.02. The van der Waals surface area contributed by atoms with Gasteiger partial charge in [0.15, 0.2) is 5.43 Å². The third-order valence-corrected chi connectivity index (χ3v) is 6.53. The summed E-state index contributed by atoms with van der Waals surface area (Å²) in [6, 6.07) is 22.0. The lowest BCUT2D eigenvalue weighted by molar-refractivity contribution is 0.0714. The fourth-order valence-electron chi connectivity index (χ4n) is 4.07. The van der Waals surface area contributed by atoms with Gasteiger partial charge in [0.25, 0.3) is 5.91 Å². The van der Waals surface area contributed by atoms with Gasteiger partial charge in [0.05, 0.1) is 17.0 Å². The number of fused-ring (bicyclic) bond motifs is 2. The van der Waals surface area contributed by atoms with Gasteiger partial charge in [0, 0.05) is 16.5 Å². The van der Waals surface area contributed by atoms with Crippen LogP contribution in [0.15, 0.2) is 86.9 Å². The minimum Gasteiger partial charge on any atom is -0.450 e. The van der Waals surface area contributed by atoms with E-state index in [1.54, 1.807) is 34.9 Å². The summed E-state index contributed by atoms with van der Waals surface area (Å²) in [7, 11) is 0. The van der Waals surface area contributed by atoms with Gasteiger partial charge in [0.1, 0.15) is 5.58 Å². The lowest BCUT2D eigenvalue weighted by atomic mass is 9.98. The van der Waals surface area contributed by atoms with E-state index in [9.17, 15) is 9.59 Å². The molecule has 4 nitrogen and oxygen atoms in total. The third kappa shape index (κ3) is 3.44. The Bertz CT molecular complexity index is 1350. The predicted molar refractivity (Wildman–Crippen MR) is 124 cm³/mol. The SMILES string of the molecule is CSc1ccc(C2c3c(oc4ccc(Cl)cc4c3=O)C(=O)N2Cc2ccccc2)cc1. The smallest absolute Gasteiger partial charge is 0.291 e. The fraction of sp³-hybridized carbons (Fsp3) is 0.120. The highest BCUT2D eigenvalue weighted by Crippen LogP contribution is 2.39. The van der Waals surface area contributed by atoms with Crippen molar-refractivity contribution >= 4 is 40.2 Å². The number of benzene rings is 3. The van der Waals surface area contributed by atoms with E-state index in [-0.39, 0.29) is 17.1 Å². The van der Waals surface area contributed by atoms with Gasteiger partial charge in [0.2, 0.25) is 5.76 Å². The quantitative estimate of drug-likeness (QED) is 0.365. The Morgan fingerprint density at radius 2 is 1.74 bits per heavy atom. The van der Waals surface area contributed by atoms with E-state index in [0.717, 1.165) is 16.0 Å². The number of hydrogen-bond donors (Lipinski definition) is 0. The van der Waals surface area contributed by atoms with Crippen molar-refractivity contribution in [2.75, 3.05) is 6.26 Å². The maximum Gasteiger partial charge on any atom is 0.291 e. The first-order valence-electron chi connectivity index (χ1n) is 9.82. The fourth-order valence-corrected chi connectivity index (χ4v) is 4.65. The zero-order valence-corrected chi connectivity index (χ0v) is 18.2. The molecule has 0 saturated heterocycles. The van der Waals surface area contributed by atoms with Crippen molar-refractivity contribution < 1.29 is 9.21 Å². The van der Waals surface area contributed by atoms with Gasteiger partial charge in [-0.25, -0.2) is 0 Å². The summed E-state index contributed by atoms with van der Waals surface area (Å²) in [5.74, 6) is -0.179. The van der Waals surface area contributed by atoms with E-state index in [2.05, 4.69) is 0 Å². The summed E-state index contributed by atoms with van der Waals surface area (Å²) in [6.45, 7) is 0.370. The van der Waals surface area contributed by atoms with Crippen LogP contribution in [0.3, 0.4) is 0 Å². The molecule has 1 aromatic heterocycles. The number of amides is 1. The van der Waals surface area contributed by atoms with Crippen molar-refractivity contribution in [1.29, 1.82) is 0 Å². The maximum absolute atomic E-state index is 13.5. The van der Waals surface area contributed by atoms with Gasteiger partial charge in [-0.1, -0.05) is 54.1 Å². The van der Waals surface area contributed by atoms with Crippen LogP contribution in [0.25, 0.3) is 11.0 Å². The largest absolute Gasteiger partial charge is 0.450 e. The first-order valence-corrected chi connectivity index (χ1v) is 11.4. The van der Waals surface area contributed by atoms with Crippen LogP contribution in [0.4, 0.5) is 0 Å². The lowest BCUT2D eigenvalue weighted by Gasteiger charge is -2.25. The molecule has 0 N–H and O–H groups in total.